The molecule has 4 aliphatic rings. The fourth-order valence-electron chi connectivity index (χ4n) is 5.82. The van der Waals surface area contributed by atoms with E-state index in [-0.39, 0.29) is 5.91 Å². The number of nitrogens with zero attached hydrogens (tertiary/aromatic N) is 4. The van der Waals surface area contributed by atoms with E-state index >= 15 is 0 Å². The molecule has 0 spiro atoms. The molecule has 1 aromatic heterocycles. The Kier molecular flexibility index (Phi) is 4.47. The van der Waals surface area contributed by atoms with Gasteiger partial charge in [-0.25, -0.2) is 0 Å². The Labute approximate surface area is 155 Å². The Balaban J connectivity index is 1.24. The molecule has 0 aromatic carbocycles. The molecule has 1 amide bonds. The molecule has 2 unspecified atom stereocenters. The monoisotopic (exact) mass is 357 g/mol. The zero-order valence-corrected chi connectivity index (χ0v) is 15.7. The van der Waals surface area contributed by atoms with Gasteiger partial charge in [-0.2, -0.15) is 0 Å². The number of hydrogen-bond acceptors (Lipinski definition) is 4. The van der Waals surface area contributed by atoms with Crippen LogP contribution >= 0.6 is 0 Å². The first-order valence-corrected chi connectivity index (χ1v) is 10.7. The number of hydrogen-bond donors (Lipinski definition) is 1. The number of rotatable bonds is 4. The average molecular weight is 358 g/mol. The lowest BCUT2D eigenvalue weighted by Gasteiger charge is -2.26. The lowest BCUT2D eigenvalue weighted by molar-refractivity contribution is 0.0919. The fourth-order valence-corrected chi connectivity index (χ4v) is 5.82. The minimum absolute atomic E-state index is 0.0186. The van der Waals surface area contributed by atoms with E-state index in [1.165, 1.54) is 58.2 Å². The third-order valence-electron chi connectivity index (χ3n) is 7.23. The van der Waals surface area contributed by atoms with Crippen molar-refractivity contribution in [3.8, 4) is 0 Å². The lowest BCUT2D eigenvalue weighted by Crippen LogP contribution is -2.36. The van der Waals surface area contributed by atoms with Gasteiger partial charge >= 0.3 is 0 Å². The minimum atomic E-state index is -0.0186. The summed E-state index contributed by atoms with van der Waals surface area (Å²) in [5.41, 5.74) is 0. The number of amides is 1. The minimum Gasteiger partial charge on any atom is -0.347 e. The predicted molar refractivity (Wildman–Crippen MR) is 98.8 cm³/mol. The van der Waals surface area contributed by atoms with Crippen molar-refractivity contribution in [2.24, 2.45) is 17.8 Å². The molecule has 3 fully saturated rings. The van der Waals surface area contributed by atoms with Gasteiger partial charge in [-0.3, -0.25) is 4.79 Å². The van der Waals surface area contributed by atoms with Crippen LogP contribution in [0.4, 0.5) is 0 Å². The topological polar surface area (TPSA) is 63.1 Å². The molecule has 26 heavy (non-hydrogen) atoms. The molecule has 1 N–H and O–H groups in total. The van der Waals surface area contributed by atoms with Crippen LogP contribution in [0.15, 0.2) is 0 Å². The third kappa shape index (κ3) is 3.17. The fraction of sp³-hybridized carbons (Fsp3) is 0.850. The molecule has 2 aliphatic carbocycles. The molecule has 3 heterocycles. The van der Waals surface area contributed by atoms with Gasteiger partial charge in [0.25, 0.3) is 5.91 Å². The predicted octanol–water partition coefficient (Wildman–Crippen LogP) is 2.24. The first-order valence-electron chi connectivity index (χ1n) is 10.7. The van der Waals surface area contributed by atoms with E-state index in [2.05, 4.69) is 25.0 Å². The number of likely N-dealkylation sites (tertiary alicyclic amines) is 1. The van der Waals surface area contributed by atoms with Gasteiger partial charge in [-0.1, -0.05) is 25.7 Å². The molecule has 142 valence electrons. The second kappa shape index (κ2) is 6.95. The molecule has 2 saturated carbocycles. The molecule has 2 aliphatic heterocycles. The number of fused-ring (bicyclic) bond motifs is 2. The number of carbonyl (C=O) groups is 1. The highest BCUT2D eigenvalue weighted by molar-refractivity contribution is 5.91. The van der Waals surface area contributed by atoms with Gasteiger partial charge < -0.3 is 14.8 Å². The summed E-state index contributed by atoms with van der Waals surface area (Å²) in [6.07, 6.45) is 11.3. The maximum atomic E-state index is 12.7. The summed E-state index contributed by atoms with van der Waals surface area (Å²) in [6, 6.07) is 0.333. The highest BCUT2D eigenvalue weighted by atomic mass is 16.2. The highest BCUT2D eigenvalue weighted by Gasteiger charge is 2.39. The first kappa shape index (κ1) is 16.7. The summed E-state index contributed by atoms with van der Waals surface area (Å²) in [4.78, 5) is 15.4. The van der Waals surface area contributed by atoms with Crippen molar-refractivity contribution in [3.63, 3.8) is 0 Å². The SMILES string of the molecule is O=C(NC1CCCC1)c1nnc2n1CC1CN(CC3CCCC3)CC1C2. The standard InChI is InChI=1S/C20H31N5O/c26-20(21-17-7-3-4-8-17)19-23-22-18-9-15-11-24(10-14-5-1-2-6-14)12-16(15)13-25(18)19/h14-17H,1-13H2,(H,21,26). The van der Waals surface area contributed by atoms with Crippen molar-refractivity contribution in [3.05, 3.63) is 11.6 Å². The maximum absolute atomic E-state index is 12.7. The summed E-state index contributed by atoms with van der Waals surface area (Å²) >= 11 is 0. The number of nitrogens with one attached hydrogen (secondary N) is 1. The summed E-state index contributed by atoms with van der Waals surface area (Å²) in [5, 5.41) is 11.8. The lowest BCUT2D eigenvalue weighted by atomic mass is 9.89. The highest BCUT2D eigenvalue weighted by Crippen LogP contribution is 2.34. The Morgan fingerprint density at radius 2 is 1.69 bits per heavy atom. The molecule has 6 heteroatoms. The van der Waals surface area contributed by atoms with E-state index in [1.54, 1.807) is 0 Å². The zero-order valence-electron chi connectivity index (χ0n) is 15.7. The number of carbonyl (C=O) groups excluding carboxylic acids is 1. The van der Waals surface area contributed by atoms with Crippen LogP contribution in [0.1, 0.15) is 67.8 Å². The number of aromatic nitrogens is 3. The van der Waals surface area contributed by atoms with Crippen LogP contribution in [0, 0.1) is 17.8 Å². The molecule has 1 aromatic rings. The molecule has 0 bridgehead atoms. The van der Waals surface area contributed by atoms with Crippen LogP contribution in [0.5, 0.6) is 0 Å². The molecule has 1 saturated heterocycles. The van der Waals surface area contributed by atoms with Crippen molar-refractivity contribution in [1.82, 2.24) is 25.0 Å². The van der Waals surface area contributed by atoms with Gasteiger partial charge in [0.05, 0.1) is 0 Å². The largest absolute Gasteiger partial charge is 0.347 e. The van der Waals surface area contributed by atoms with Crippen LogP contribution in [-0.2, 0) is 13.0 Å². The molecule has 5 rings (SSSR count). The zero-order chi connectivity index (χ0) is 17.5. The molecule has 2 atom stereocenters. The first-order chi connectivity index (χ1) is 12.8. The average Bonchev–Trinajstić information content (AvgIpc) is 3.40. The Hall–Kier alpha value is -1.43. The molecule has 6 nitrogen and oxygen atoms in total. The van der Waals surface area contributed by atoms with Gasteiger partial charge in [0.2, 0.25) is 5.82 Å². The van der Waals surface area contributed by atoms with Crippen LogP contribution in [-0.4, -0.2) is 51.2 Å². The summed E-state index contributed by atoms with van der Waals surface area (Å²) in [6.45, 7) is 4.59. The molecular formula is C20H31N5O. The van der Waals surface area contributed by atoms with E-state index in [0.717, 1.165) is 37.5 Å². The van der Waals surface area contributed by atoms with Gasteiger partial charge in [0.15, 0.2) is 0 Å². The van der Waals surface area contributed by atoms with Gasteiger partial charge in [0, 0.05) is 38.6 Å². The Morgan fingerprint density at radius 3 is 2.50 bits per heavy atom. The van der Waals surface area contributed by atoms with Crippen molar-refractivity contribution >= 4 is 5.91 Å². The maximum Gasteiger partial charge on any atom is 0.289 e. The van der Waals surface area contributed by atoms with Crippen LogP contribution in [0.3, 0.4) is 0 Å². The van der Waals surface area contributed by atoms with Crippen molar-refractivity contribution in [2.45, 2.75) is 70.4 Å². The normalized spacial score (nSPS) is 29.8. The van der Waals surface area contributed by atoms with Gasteiger partial charge in [-0.05, 0) is 43.4 Å². The van der Waals surface area contributed by atoms with Crippen molar-refractivity contribution in [1.29, 1.82) is 0 Å². The van der Waals surface area contributed by atoms with E-state index in [1.807, 2.05) is 0 Å². The van der Waals surface area contributed by atoms with E-state index < -0.39 is 0 Å². The summed E-state index contributed by atoms with van der Waals surface area (Å²) < 4.78 is 2.12. The van der Waals surface area contributed by atoms with Gasteiger partial charge in [-0.15, -0.1) is 10.2 Å². The molecule has 0 radical (unpaired) electrons. The second-order valence-electron chi connectivity index (χ2n) is 9.10. The van der Waals surface area contributed by atoms with Crippen molar-refractivity contribution < 1.29 is 4.79 Å². The Bertz CT molecular complexity index is 659. The third-order valence-corrected chi connectivity index (χ3v) is 7.23. The van der Waals surface area contributed by atoms with Gasteiger partial charge in [0.1, 0.15) is 5.82 Å². The van der Waals surface area contributed by atoms with Crippen LogP contribution in [0.25, 0.3) is 0 Å². The quantitative estimate of drug-likeness (QED) is 0.898. The van der Waals surface area contributed by atoms with E-state index in [0.29, 0.717) is 23.7 Å². The Morgan fingerprint density at radius 1 is 0.962 bits per heavy atom. The summed E-state index contributed by atoms with van der Waals surface area (Å²) in [5.74, 6) is 3.80. The summed E-state index contributed by atoms with van der Waals surface area (Å²) in [7, 11) is 0. The van der Waals surface area contributed by atoms with E-state index in [4.69, 9.17) is 0 Å². The second-order valence-corrected chi connectivity index (χ2v) is 9.10. The van der Waals surface area contributed by atoms with E-state index in [9.17, 15) is 4.79 Å². The molecular weight excluding hydrogens is 326 g/mol. The smallest absolute Gasteiger partial charge is 0.289 e. The van der Waals surface area contributed by atoms with Crippen molar-refractivity contribution in [2.75, 3.05) is 19.6 Å². The van der Waals surface area contributed by atoms with Crippen LogP contribution in [0.2, 0.25) is 0 Å². The van der Waals surface area contributed by atoms with Crippen LogP contribution < -0.4 is 5.32 Å².